The van der Waals surface area contributed by atoms with Crippen molar-refractivity contribution in [3.05, 3.63) is 78.8 Å². The third-order valence-corrected chi connectivity index (χ3v) is 12.1. The number of hydrogen-bond donors (Lipinski definition) is 2. The van der Waals surface area contributed by atoms with Gasteiger partial charge >= 0.3 is 11.4 Å². The average Bonchev–Trinajstić information content (AvgIpc) is 3.93. The number of ether oxygens (including phenoxy) is 3. The summed E-state index contributed by atoms with van der Waals surface area (Å²) in [6, 6.07) is 6.62. The van der Waals surface area contributed by atoms with E-state index < -0.39 is 17.7 Å². The summed E-state index contributed by atoms with van der Waals surface area (Å²) >= 11 is 13.1. The Kier molecular flexibility index (Phi) is 8.68. The number of alkyl halides is 2. The van der Waals surface area contributed by atoms with Gasteiger partial charge in [-0.1, -0.05) is 23.2 Å². The molecule has 4 aliphatic rings. The smallest absolute Gasteiger partial charge is 0.332 e. The second-order valence-corrected chi connectivity index (χ2v) is 15.9. The molecule has 6 heterocycles. The third kappa shape index (κ3) is 6.35. The number of nitrogens with one attached hydrogen (secondary N) is 2. The van der Waals surface area contributed by atoms with Crippen LogP contribution in [-0.2, 0) is 31.4 Å². The van der Waals surface area contributed by atoms with Crippen LogP contribution >= 0.6 is 23.2 Å². The zero-order chi connectivity index (χ0) is 39.2. The number of fused-ring (bicyclic) bond motifs is 4. The zero-order valence-corrected chi connectivity index (χ0v) is 32.1. The largest absolute Gasteiger partial charge is 0.493 e. The minimum Gasteiger partial charge on any atom is -0.493 e. The van der Waals surface area contributed by atoms with Gasteiger partial charge in [-0.2, -0.15) is 9.97 Å². The second kappa shape index (κ2) is 13.7. The maximum atomic E-state index is 14.2. The monoisotopic (exact) mass is 820 g/mol. The number of aromatic nitrogens is 8. The number of anilines is 4. The molecule has 0 saturated heterocycles. The Balaban J connectivity index is 0.890. The Bertz CT molecular complexity index is 2720. The molecule has 6 aromatic rings. The SMILES string of the molecule is Cn1c(=O)n(C2CC(OCn3c(=O)n(C4CCC(F)(F)CC4)c4nc(Nc5cc6c(cc5Cl)OCC6)ncc43)C2)c2nc(Nc3cc4c(cc3Cl)OCC4)ncc21. The molecule has 296 valence electrons. The molecular formula is C38H36Cl2F2N10O5. The lowest BCUT2D eigenvalue weighted by molar-refractivity contribution is -0.0588. The molecule has 0 bridgehead atoms. The molecule has 57 heavy (non-hydrogen) atoms. The van der Waals surface area contributed by atoms with E-state index in [9.17, 15) is 18.4 Å². The second-order valence-electron chi connectivity index (χ2n) is 15.1. The van der Waals surface area contributed by atoms with Gasteiger partial charge in [-0.25, -0.2) is 28.3 Å². The van der Waals surface area contributed by atoms with E-state index in [0.29, 0.717) is 69.8 Å². The first-order chi connectivity index (χ1) is 27.5. The first-order valence-electron chi connectivity index (χ1n) is 18.9. The van der Waals surface area contributed by atoms with Crippen LogP contribution in [-0.4, -0.2) is 63.4 Å². The molecule has 2 fully saturated rings. The van der Waals surface area contributed by atoms with Gasteiger partial charge in [0.2, 0.25) is 17.8 Å². The molecule has 2 aromatic carbocycles. The third-order valence-electron chi connectivity index (χ3n) is 11.5. The fourth-order valence-electron chi connectivity index (χ4n) is 8.28. The van der Waals surface area contributed by atoms with Crippen LogP contribution in [0.5, 0.6) is 11.5 Å². The van der Waals surface area contributed by atoms with Crippen molar-refractivity contribution in [2.24, 2.45) is 7.05 Å². The predicted molar refractivity (Wildman–Crippen MR) is 208 cm³/mol. The van der Waals surface area contributed by atoms with Gasteiger partial charge in [0.15, 0.2) is 11.3 Å². The molecule has 2 saturated carbocycles. The number of aryl methyl sites for hydroxylation is 1. The highest BCUT2D eigenvalue weighted by molar-refractivity contribution is 6.34. The molecule has 2 N–H and O–H groups in total. The van der Waals surface area contributed by atoms with Gasteiger partial charge in [0.25, 0.3) is 0 Å². The van der Waals surface area contributed by atoms with E-state index in [1.165, 1.54) is 19.9 Å². The van der Waals surface area contributed by atoms with E-state index in [1.807, 2.05) is 12.1 Å². The van der Waals surface area contributed by atoms with Gasteiger partial charge in [0, 0.05) is 56.9 Å². The zero-order valence-electron chi connectivity index (χ0n) is 30.6. The molecular weight excluding hydrogens is 785 g/mol. The van der Waals surface area contributed by atoms with Crippen LogP contribution < -0.4 is 31.5 Å². The highest BCUT2D eigenvalue weighted by atomic mass is 35.5. The molecule has 0 amide bonds. The lowest BCUT2D eigenvalue weighted by Gasteiger charge is -2.35. The summed E-state index contributed by atoms with van der Waals surface area (Å²) in [6.07, 6.45) is 4.94. The van der Waals surface area contributed by atoms with Gasteiger partial charge in [-0.15, -0.1) is 0 Å². The first-order valence-corrected chi connectivity index (χ1v) is 19.6. The standard InChI is InChI=1S/C38H36Cl2F2N10O5/c1-49-28-16-43-34(45-26-10-19-4-8-55-30(19)14-24(26)39)47-32(28)52(36(49)53)22-12-23(13-22)57-18-50-29-17-44-35(46-27-11-20-5-9-56-31(20)15-25(27)40)48-33(29)51(37(50)54)21-2-6-38(41,42)7-3-21/h10-11,14-17,21-23H,2-9,12-13,18H2,1H3,(H,43,45,47)(H,44,46,48). The molecule has 15 nitrogen and oxygen atoms in total. The summed E-state index contributed by atoms with van der Waals surface area (Å²) in [4.78, 5) is 46.0. The van der Waals surface area contributed by atoms with Crippen molar-refractivity contribution in [3.63, 3.8) is 0 Å². The topological polar surface area (TPSA) is 157 Å². The molecule has 0 unspecified atom stereocenters. The summed E-state index contributed by atoms with van der Waals surface area (Å²) in [7, 11) is 1.68. The summed E-state index contributed by atoms with van der Waals surface area (Å²) in [5.41, 5.74) is 4.35. The molecule has 0 radical (unpaired) electrons. The van der Waals surface area contributed by atoms with Crippen LogP contribution in [0.1, 0.15) is 61.7 Å². The average molecular weight is 822 g/mol. The predicted octanol–water partition coefficient (Wildman–Crippen LogP) is 6.83. The first kappa shape index (κ1) is 36.1. The van der Waals surface area contributed by atoms with E-state index in [0.717, 1.165) is 35.5 Å². The fraction of sp³-hybridized carbons (Fsp3) is 0.421. The molecule has 10 rings (SSSR count). The minimum absolute atomic E-state index is 0.122. The van der Waals surface area contributed by atoms with Crippen LogP contribution in [0.25, 0.3) is 22.3 Å². The summed E-state index contributed by atoms with van der Waals surface area (Å²) in [6.45, 7) is 1.04. The molecule has 0 spiro atoms. The molecule has 19 heteroatoms. The van der Waals surface area contributed by atoms with Crippen LogP contribution in [0.3, 0.4) is 0 Å². The van der Waals surface area contributed by atoms with Crippen molar-refractivity contribution in [1.29, 1.82) is 0 Å². The number of hydrogen-bond acceptors (Lipinski definition) is 11. The molecule has 4 aromatic heterocycles. The minimum atomic E-state index is -2.78. The van der Waals surface area contributed by atoms with Gasteiger partial charge in [0.05, 0.1) is 53.1 Å². The molecule has 2 aliphatic heterocycles. The molecule has 0 atom stereocenters. The normalized spacial score (nSPS) is 19.9. The number of halogens is 4. The Morgan fingerprint density at radius 1 is 0.807 bits per heavy atom. The lowest BCUT2D eigenvalue weighted by Crippen LogP contribution is -2.39. The van der Waals surface area contributed by atoms with E-state index in [2.05, 4.69) is 20.6 Å². The maximum Gasteiger partial charge on any atom is 0.332 e. The summed E-state index contributed by atoms with van der Waals surface area (Å²) in [5.74, 6) is -0.799. The Morgan fingerprint density at radius 2 is 1.35 bits per heavy atom. The van der Waals surface area contributed by atoms with Crippen LogP contribution in [0.4, 0.5) is 32.1 Å². The highest BCUT2D eigenvalue weighted by Crippen LogP contribution is 2.41. The van der Waals surface area contributed by atoms with E-state index in [4.69, 9.17) is 47.4 Å². The summed E-state index contributed by atoms with van der Waals surface area (Å²) in [5, 5.41) is 7.24. The van der Waals surface area contributed by atoms with Crippen molar-refractivity contribution >= 4 is 68.8 Å². The number of benzene rings is 2. The molecule has 2 aliphatic carbocycles. The van der Waals surface area contributed by atoms with Crippen molar-refractivity contribution in [1.82, 2.24) is 38.2 Å². The van der Waals surface area contributed by atoms with E-state index in [1.54, 1.807) is 29.9 Å². The van der Waals surface area contributed by atoms with Crippen molar-refractivity contribution in [2.45, 2.75) is 82.2 Å². The van der Waals surface area contributed by atoms with Crippen LogP contribution in [0, 0.1) is 0 Å². The van der Waals surface area contributed by atoms with Crippen molar-refractivity contribution in [3.8, 4) is 11.5 Å². The Morgan fingerprint density at radius 3 is 1.95 bits per heavy atom. The quantitative estimate of drug-likeness (QED) is 0.158. The van der Waals surface area contributed by atoms with Crippen LogP contribution in [0.15, 0.2) is 46.2 Å². The number of imidazole rings is 2. The van der Waals surface area contributed by atoms with Gasteiger partial charge in [-0.3, -0.25) is 18.3 Å². The highest BCUT2D eigenvalue weighted by Gasteiger charge is 2.38. The lowest BCUT2D eigenvalue weighted by atomic mass is 9.89. The number of nitrogens with zero attached hydrogens (tertiary/aromatic N) is 8. The Hall–Kier alpha value is -5.26. The number of rotatable bonds is 9. The van der Waals surface area contributed by atoms with Gasteiger partial charge in [0.1, 0.15) is 29.3 Å². The maximum absolute atomic E-state index is 14.2. The van der Waals surface area contributed by atoms with Gasteiger partial charge in [-0.05, 0) is 48.9 Å². The van der Waals surface area contributed by atoms with Gasteiger partial charge < -0.3 is 24.8 Å². The van der Waals surface area contributed by atoms with Crippen LogP contribution in [0.2, 0.25) is 10.0 Å². The Labute approximate surface area is 332 Å². The van der Waals surface area contributed by atoms with E-state index >= 15 is 0 Å². The van der Waals surface area contributed by atoms with Crippen molar-refractivity contribution in [2.75, 3.05) is 23.8 Å². The van der Waals surface area contributed by atoms with Crippen molar-refractivity contribution < 1.29 is 23.0 Å². The summed E-state index contributed by atoms with van der Waals surface area (Å²) < 4.78 is 52.0. The van der Waals surface area contributed by atoms with E-state index in [-0.39, 0.29) is 62.1 Å². The fourth-order valence-corrected chi connectivity index (χ4v) is 8.68.